The topological polar surface area (TPSA) is 29.1 Å². The second-order valence-corrected chi connectivity index (χ2v) is 6.16. The highest BCUT2D eigenvalue weighted by molar-refractivity contribution is 6.42. The first-order valence-corrected chi connectivity index (χ1v) is 7.71. The van der Waals surface area contributed by atoms with Crippen LogP contribution in [0.25, 0.3) is 6.08 Å². The summed E-state index contributed by atoms with van der Waals surface area (Å²) in [7, 11) is 0. The van der Waals surface area contributed by atoms with Gasteiger partial charge in [0.05, 0.1) is 20.8 Å². The molecule has 0 aliphatic heterocycles. The Labute approximate surface area is 144 Å². The largest absolute Gasteiger partial charge is 0.321 e. The van der Waals surface area contributed by atoms with Crippen LogP contribution in [0, 0.1) is 13.8 Å². The molecule has 5 heteroatoms. The molecule has 114 valence electrons. The standard InChI is InChI=1S/C17H14Cl3NO/c1-10-7-11(2)17(15(20)8-10)21-16(22)6-4-12-3-5-13(18)14(19)9-12/h3-9H,1-2H3,(H,21,22)/b6-4+. The van der Waals surface area contributed by atoms with Crippen molar-refractivity contribution in [1.82, 2.24) is 0 Å². The summed E-state index contributed by atoms with van der Waals surface area (Å²) in [6.07, 6.45) is 3.09. The molecular formula is C17H14Cl3NO. The first kappa shape index (κ1) is 16.9. The number of nitrogens with one attached hydrogen (secondary N) is 1. The first-order valence-electron chi connectivity index (χ1n) is 6.57. The van der Waals surface area contributed by atoms with E-state index in [1.165, 1.54) is 6.08 Å². The molecule has 0 fully saturated rings. The van der Waals surface area contributed by atoms with Gasteiger partial charge >= 0.3 is 0 Å². The van der Waals surface area contributed by atoms with Crippen LogP contribution < -0.4 is 5.32 Å². The van der Waals surface area contributed by atoms with Gasteiger partial charge in [-0.3, -0.25) is 4.79 Å². The van der Waals surface area contributed by atoms with Crippen LogP contribution in [0.1, 0.15) is 16.7 Å². The number of carbonyl (C=O) groups is 1. The lowest BCUT2D eigenvalue weighted by Crippen LogP contribution is -2.09. The van der Waals surface area contributed by atoms with Crippen LogP contribution in [0.3, 0.4) is 0 Å². The number of halogens is 3. The summed E-state index contributed by atoms with van der Waals surface area (Å²) in [6, 6.07) is 8.93. The Morgan fingerprint density at radius 1 is 1.00 bits per heavy atom. The van der Waals surface area contributed by atoms with Crippen molar-refractivity contribution in [2.75, 3.05) is 5.32 Å². The van der Waals surface area contributed by atoms with E-state index in [0.717, 1.165) is 16.7 Å². The lowest BCUT2D eigenvalue weighted by Gasteiger charge is -2.10. The second kappa shape index (κ2) is 7.19. The van der Waals surface area contributed by atoms with Crippen LogP contribution in [-0.4, -0.2) is 5.91 Å². The summed E-state index contributed by atoms with van der Waals surface area (Å²) in [5, 5.41) is 4.23. The molecule has 22 heavy (non-hydrogen) atoms. The number of rotatable bonds is 3. The Hall–Kier alpha value is -1.48. The average Bonchev–Trinajstić information content (AvgIpc) is 2.44. The fraction of sp³-hybridized carbons (Fsp3) is 0.118. The molecule has 1 amide bonds. The van der Waals surface area contributed by atoms with Crippen molar-refractivity contribution in [1.29, 1.82) is 0 Å². The van der Waals surface area contributed by atoms with Gasteiger partial charge in [0.25, 0.3) is 0 Å². The zero-order valence-corrected chi connectivity index (χ0v) is 14.4. The Kier molecular flexibility index (Phi) is 5.52. The van der Waals surface area contributed by atoms with Crippen LogP contribution >= 0.6 is 34.8 Å². The molecule has 0 heterocycles. The molecular weight excluding hydrogens is 341 g/mol. The van der Waals surface area contributed by atoms with E-state index in [1.54, 1.807) is 24.3 Å². The van der Waals surface area contributed by atoms with Crippen molar-refractivity contribution in [2.24, 2.45) is 0 Å². The quantitative estimate of drug-likeness (QED) is 0.681. The molecule has 0 aliphatic rings. The van der Waals surface area contributed by atoms with E-state index < -0.39 is 0 Å². The number of amides is 1. The van der Waals surface area contributed by atoms with Gasteiger partial charge in [0.1, 0.15) is 0 Å². The van der Waals surface area contributed by atoms with E-state index >= 15 is 0 Å². The fourth-order valence-electron chi connectivity index (χ4n) is 2.03. The smallest absolute Gasteiger partial charge is 0.248 e. The van der Waals surface area contributed by atoms with Crippen molar-refractivity contribution >= 4 is 52.5 Å². The Bertz CT molecular complexity index is 731. The van der Waals surface area contributed by atoms with E-state index in [0.29, 0.717) is 20.8 Å². The number of aryl methyl sites for hydroxylation is 2. The third-order valence-electron chi connectivity index (χ3n) is 3.05. The van der Waals surface area contributed by atoms with Gasteiger partial charge in [-0.1, -0.05) is 46.9 Å². The van der Waals surface area contributed by atoms with E-state index in [9.17, 15) is 4.79 Å². The molecule has 0 saturated carbocycles. The lowest BCUT2D eigenvalue weighted by molar-refractivity contribution is -0.111. The summed E-state index contributed by atoms with van der Waals surface area (Å²) in [5.74, 6) is -0.264. The summed E-state index contributed by atoms with van der Waals surface area (Å²) < 4.78 is 0. The number of hydrogen-bond acceptors (Lipinski definition) is 1. The molecule has 0 aromatic heterocycles. The Balaban J connectivity index is 2.13. The molecule has 0 aliphatic carbocycles. The molecule has 0 spiro atoms. The Morgan fingerprint density at radius 3 is 2.36 bits per heavy atom. The summed E-state index contributed by atoms with van der Waals surface area (Å²) in [5.41, 5.74) is 3.38. The van der Waals surface area contributed by atoms with Crippen molar-refractivity contribution in [3.63, 3.8) is 0 Å². The number of anilines is 1. The minimum Gasteiger partial charge on any atom is -0.321 e. The van der Waals surface area contributed by atoms with E-state index in [1.807, 2.05) is 26.0 Å². The van der Waals surface area contributed by atoms with Gasteiger partial charge in [-0.15, -0.1) is 0 Å². The van der Waals surface area contributed by atoms with Crippen LogP contribution in [0.4, 0.5) is 5.69 Å². The van der Waals surface area contributed by atoms with Crippen molar-refractivity contribution in [3.05, 3.63) is 68.2 Å². The average molecular weight is 355 g/mol. The highest BCUT2D eigenvalue weighted by atomic mass is 35.5. The van der Waals surface area contributed by atoms with Crippen molar-refractivity contribution < 1.29 is 4.79 Å². The Morgan fingerprint density at radius 2 is 1.73 bits per heavy atom. The van der Waals surface area contributed by atoms with Crippen molar-refractivity contribution in [2.45, 2.75) is 13.8 Å². The first-order chi connectivity index (χ1) is 10.4. The lowest BCUT2D eigenvalue weighted by atomic mass is 10.1. The van der Waals surface area contributed by atoms with Gasteiger partial charge in [0.2, 0.25) is 5.91 Å². The third-order valence-corrected chi connectivity index (χ3v) is 4.09. The zero-order valence-electron chi connectivity index (χ0n) is 12.1. The molecule has 2 aromatic rings. The fourth-order valence-corrected chi connectivity index (χ4v) is 2.70. The van der Waals surface area contributed by atoms with Crippen LogP contribution in [-0.2, 0) is 4.79 Å². The molecule has 2 aromatic carbocycles. The molecule has 0 bridgehead atoms. The van der Waals surface area contributed by atoms with Gasteiger partial charge in [0.15, 0.2) is 0 Å². The number of carbonyl (C=O) groups excluding carboxylic acids is 1. The maximum atomic E-state index is 12.0. The molecule has 1 N–H and O–H groups in total. The molecule has 0 atom stereocenters. The summed E-state index contributed by atoms with van der Waals surface area (Å²) >= 11 is 17.9. The summed E-state index contributed by atoms with van der Waals surface area (Å²) in [6.45, 7) is 3.85. The van der Waals surface area contributed by atoms with Crippen LogP contribution in [0.2, 0.25) is 15.1 Å². The van der Waals surface area contributed by atoms with Gasteiger partial charge in [-0.25, -0.2) is 0 Å². The normalized spacial score (nSPS) is 11.0. The zero-order chi connectivity index (χ0) is 16.3. The van der Waals surface area contributed by atoms with E-state index in [2.05, 4.69) is 5.32 Å². The predicted octanol–water partition coefficient (Wildman–Crippen LogP) is 5.92. The van der Waals surface area contributed by atoms with Crippen LogP contribution in [0.15, 0.2) is 36.4 Å². The van der Waals surface area contributed by atoms with Gasteiger partial charge in [-0.05, 0) is 54.8 Å². The molecule has 2 rings (SSSR count). The van der Waals surface area contributed by atoms with Crippen molar-refractivity contribution in [3.8, 4) is 0 Å². The van der Waals surface area contributed by atoms with E-state index in [4.69, 9.17) is 34.8 Å². The number of hydrogen-bond donors (Lipinski definition) is 1. The van der Waals surface area contributed by atoms with Crippen LogP contribution in [0.5, 0.6) is 0 Å². The van der Waals surface area contributed by atoms with Gasteiger partial charge in [0, 0.05) is 6.08 Å². The van der Waals surface area contributed by atoms with E-state index in [-0.39, 0.29) is 5.91 Å². The van der Waals surface area contributed by atoms with Gasteiger partial charge in [-0.2, -0.15) is 0 Å². The molecule has 0 saturated heterocycles. The third kappa shape index (κ3) is 4.26. The monoisotopic (exact) mass is 353 g/mol. The maximum absolute atomic E-state index is 12.0. The minimum absolute atomic E-state index is 0.264. The highest BCUT2D eigenvalue weighted by Crippen LogP contribution is 2.27. The second-order valence-electron chi connectivity index (χ2n) is 4.93. The number of benzene rings is 2. The molecule has 0 radical (unpaired) electrons. The predicted molar refractivity (Wildman–Crippen MR) is 95.1 cm³/mol. The molecule has 0 unspecified atom stereocenters. The molecule has 2 nitrogen and oxygen atoms in total. The maximum Gasteiger partial charge on any atom is 0.248 e. The highest BCUT2D eigenvalue weighted by Gasteiger charge is 2.07. The minimum atomic E-state index is -0.264. The van der Waals surface area contributed by atoms with Gasteiger partial charge < -0.3 is 5.32 Å². The summed E-state index contributed by atoms with van der Waals surface area (Å²) in [4.78, 5) is 12.0. The SMILES string of the molecule is Cc1cc(C)c(NC(=O)/C=C/c2ccc(Cl)c(Cl)c2)c(Cl)c1.